The first kappa shape index (κ1) is 26.9. The molecule has 0 radical (unpaired) electrons. The predicted octanol–water partition coefficient (Wildman–Crippen LogP) is 4.42. The van der Waals surface area contributed by atoms with E-state index in [4.69, 9.17) is 4.74 Å². The number of hydrogen-bond donors (Lipinski definition) is 2. The van der Waals surface area contributed by atoms with Gasteiger partial charge in [0.2, 0.25) is 11.8 Å². The molecule has 7 nitrogen and oxygen atoms in total. The second-order valence-corrected chi connectivity index (χ2v) is 9.72. The normalized spacial score (nSPS) is 12.1. The van der Waals surface area contributed by atoms with Crippen LogP contribution in [0.15, 0.2) is 48.5 Å². The summed E-state index contributed by atoms with van der Waals surface area (Å²) < 4.78 is 5.24. The number of nitrogens with one attached hydrogen (secondary N) is 2. The molecular weight excluding hydrogens is 430 g/mol. The zero-order valence-corrected chi connectivity index (χ0v) is 21.3. The van der Waals surface area contributed by atoms with Crippen molar-refractivity contribution >= 4 is 17.9 Å². The number of carbonyl (C=O) groups is 3. The van der Waals surface area contributed by atoms with Crippen LogP contribution in [0.25, 0.3) is 0 Å². The summed E-state index contributed by atoms with van der Waals surface area (Å²) in [6.45, 7) is 12.9. The van der Waals surface area contributed by atoms with Crippen LogP contribution >= 0.6 is 0 Å². The van der Waals surface area contributed by atoms with Gasteiger partial charge in [0, 0.05) is 12.6 Å². The highest BCUT2D eigenvalue weighted by Crippen LogP contribution is 2.28. The SMILES string of the molecule is Cc1ccc(C)c(C(C(=O)NCc2ccccc2)N(C(=O)CNC(=O)OC(C)(C)C)C(C)C)c1. The fourth-order valence-corrected chi connectivity index (χ4v) is 3.64. The Morgan fingerprint density at radius 3 is 2.21 bits per heavy atom. The maximum absolute atomic E-state index is 13.5. The quantitative estimate of drug-likeness (QED) is 0.602. The van der Waals surface area contributed by atoms with Crippen molar-refractivity contribution in [3.63, 3.8) is 0 Å². The molecule has 34 heavy (non-hydrogen) atoms. The minimum atomic E-state index is -0.850. The molecule has 0 aliphatic heterocycles. The fourth-order valence-electron chi connectivity index (χ4n) is 3.64. The molecule has 3 amide bonds. The second kappa shape index (κ2) is 11.7. The first-order valence-electron chi connectivity index (χ1n) is 11.6. The molecule has 2 N–H and O–H groups in total. The number of nitrogens with zero attached hydrogens (tertiary/aromatic N) is 1. The molecule has 2 aromatic carbocycles. The van der Waals surface area contributed by atoms with Gasteiger partial charge in [-0.05, 0) is 65.2 Å². The summed E-state index contributed by atoms with van der Waals surface area (Å²) in [7, 11) is 0. The molecule has 0 heterocycles. The van der Waals surface area contributed by atoms with Gasteiger partial charge in [0.15, 0.2) is 0 Å². The number of rotatable bonds is 8. The summed E-state index contributed by atoms with van der Waals surface area (Å²) in [6, 6.07) is 14.3. The highest BCUT2D eigenvalue weighted by atomic mass is 16.6. The van der Waals surface area contributed by atoms with Gasteiger partial charge in [-0.25, -0.2) is 4.79 Å². The number of carbonyl (C=O) groups excluding carboxylic acids is 3. The molecule has 0 fully saturated rings. The summed E-state index contributed by atoms with van der Waals surface area (Å²) in [5, 5.41) is 5.50. The average Bonchev–Trinajstić information content (AvgIpc) is 2.75. The van der Waals surface area contributed by atoms with Crippen LogP contribution in [0, 0.1) is 13.8 Å². The largest absolute Gasteiger partial charge is 0.444 e. The molecule has 184 valence electrons. The number of benzene rings is 2. The Bertz CT molecular complexity index is 997. The Hall–Kier alpha value is -3.35. The first-order valence-corrected chi connectivity index (χ1v) is 11.6. The Labute approximate surface area is 202 Å². The van der Waals surface area contributed by atoms with Crippen LogP contribution in [0.1, 0.15) is 62.9 Å². The van der Waals surface area contributed by atoms with Crippen molar-refractivity contribution < 1.29 is 19.1 Å². The molecule has 0 aliphatic carbocycles. The van der Waals surface area contributed by atoms with Gasteiger partial charge in [-0.15, -0.1) is 0 Å². The number of amides is 3. The van der Waals surface area contributed by atoms with E-state index in [0.717, 1.165) is 22.3 Å². The van der Waals surface area contributed by atoms with Crippen molar-refractivity contribution in [1.82, 2.24) is 15.5 Å². The third kappa shape index (κ3) is 7.90. The molecule has 1 unspecified atom stereocenters. The zero-order chi connectivity index (χ0) is 25.5. The van der Waals surface area contributed by atoms with E-state index in [2.05, 4.69) is 10.6 Å². The molecular formula is C27H37N3O4. The minimum Gasteiger partial charge on any atom is -0.444 e. The van der Waals surface area contributed by atoms with Crippen molar-refractivity contribution in [2.75, 3.05) is 6.54 Å². The Morgan fingerprint density at radius 2 is 1.62 bits per heavy atom. The van der Waals surface area contributed by atoms with E-state index < -0.39 is 17.7 Å². The lowest BCUT2D eigenvalue weighted by atomic mass is 9.95. The van der Waals surface area contributed by atoms with E-state index in [0.29, 0.717) is 6.54 Å². The molecule has 1 atom stereocenters. The highest BCUT2D eigenvalue weighted by molar-refractivity contribution is 5.91. The molecule has 7 heteroatoms. The molecule has 0 saturated heterocycles. The fraction of sp³-hybridized carbons (Fsp3) is 0.444. The molecule has 0 spiro atoms. The van der Waals surface area contributed by atoms with Gasteiger partial charge >= 0.3 is 6.09 Å². The first-order chi connectivity index (χ1) is 15.9. The van der Waals surface area contributed by atoms with Crippen LogP contribution in [0.4, 0.5) is 4.79 Å². The monoisotopic (exact) mass is 467 g/mol. The van der Waals surface area contributed by atoms with Crippen molar-refractivity contribution in [2.24, 2.45) is 0 Å². The summed E-state index contributed by atoms with van der Waals surface area (Å²) >= 11 is 0. The van der Waals surface area contributed by atoms with E-state index in [-0.39, 0.29) is 24.4 Å². The summed E-state index contributed by atoms with van der Waals surface area (Å²) in [5.41, 5.74) is 2.94. The van der Waals surface area contributed by atoms with Gasteiger partial charge in [0.25, 0.3) is 0 Å². The number of aryl methyl sites for hydroxylation is 2. The summed E-state index contributed by atoms with van der Waals surface area (Å²) in [6.07, 6.45) is -0.679. The van der Waals surface area contributed by atoms with Crippen molar-refractivity contribution in [3.8, 4) is 0 Å². The highest BCUT2D eigenvalue weighted by Gasteiger charge is 2.34. The topological polar surface area (TPSA) is 87.7 Å². The van der Waals surface area contributed by atoms with Crippen LogP contribution in [-0.2, 0) is 20.9 Å². The minimum absolute atomic E-state index is 0.277. The third-order valence-corrected chi connectivity index (χ3v) is 5.19. The molecule has 0 aliphatic rings. The second-order valence-electron chi connectivity index (χ2n) is 9.72. The van der Waals surface area contributed by atoms with Crippen molar-refractivity contribution in [1.29, 1.82) is 0 Å². The van der Waals surface area contributed by atoms with E-state index in [1.807, 2.05) is 76.2 Å². The smallest absolute Gasteiger partial charge is 0.408 e. The maximum atomic E-state index is 13.5. The van der Waals surface area contributed by atoms with Crippen LogP contribution in [0.3, 0.4) is 0 Å². The number of alkyl carbamates (subject to hydrolysis) is 1. The van der Waals surface area contributed by atoms with Gasteiger partial charge in [0.05, 0.1) is 0 Å². The Morgan fingerprint density at radius 1 is 0.971 bits per heavy atom. The van der Waals surface area contributed by atoms with E-state index in [9.17, 15) is 14.4 Å². The number of hydrogen-bond acceptors (Lipinski definition) is 4. The maximum Gasteiger partial charge on any atom is 0.408 e. The molecule has 0 saturated carbocycles. The lowest BCUT2D eigenvalue weighted by Gasteiger charge is -2.35. The molecule has 2 aromatic rings. The van der Waals surface area contributed by atoms with Gasteiger partial charge in [-0.3, -0.25) is 9.59 Å². The predicted molar refractivity (Wildman–Crippen MR) is 133 cm³/mol. The molecule has 0 aromatic heterocycles. The van der Waals surface area contributed by atoms with Crippen molar-refractivity contribution in [3.05, 3.63) is 70.8 Å². The lowest BCUT2D eigenvalue weighted by molar-refractivity contribution is -0.142. The van der Waals surface area contributed by atoms with Crippen LogP contribution in [0.5, 0.6) is 0 Å². The summed E-state index contributed by atoms with van der Waals surface area (Å²) in [5.74, 6) is -0.654. The zero-order valence-electron chi connectivity index (χ0n) is 21.3. The van der Waals surface area contributed by atoms with Gasteiger partial charge in [0.1, 0.15) is 18.2 Å². The Kier molecular flexibility index (Phi) is 9.24. The molecule has 0 bridgehead atoms. The van der Waals surface area contributed by atoms with Gasteiger partial charge < -0.3 is 20.3 Å². The third-order valence-electron chi connectivity index (χ3n) is 5.19. The van der Waals surface area contributed by atoms with E-state index in [1.165, 1.54) is 4.90 Å². The number of ether oxygens (including phenoxy) is 1. The van der Waals surface area contributed by atoms with Crippen LogP contribution in [0.2, 0.25) is 0 Å². The van der Waals surface area contributed by atoms with E-state index in [1.54, 1.807) is 20.8 Å². The van der Waals surface area contributed by atoms with Gasteiger partial charge in [-0.2, -0.15) is 0 Å². The van der Waals surface area contributed by atoms with Crippen LogP contribution in [-0.4, -0.2) is 41.0 Å². The van der Waals surface area contributed by atoms with Gasteiger partial charge in [-0.1, -0.05) is 54.1 Å². The van der Waals surface area contributed by atoms with Crippen molar-refractivity contribution in [2.45, 2.75) is 72.7 Å². The standard InChI is InChI=1S/C27H37N3O4/c1-18(2)30(23(31)17-29-26(33)34-27(5,6)7)24(22-15-19(3)13-14-20(22)4)25(32)28-16-21-11-9-8-10-12-21/h8-15,18,24H,16-17H2,1-7H3,(H,28,32)(H,29,33). The van der Waals surface area contributed by atoms with Crippen LogP contribution < -0.4 is 10.6 Å². The van der Waals surface area contributed by atoms with E-state index >= 15 is 0 Å². The summed E-state index contributed by atoms with van der Waals surface area (Å²) in [4.78, 5) is 40.5. The average molecular weight is 468 g/mol. The Balaban J connectivity index is 2.33. The lowest BCUT2D eigenvalue weighted by Crippen LogP contribution is -2.50. The molecule has 2 rings (SSSR count).